The second-order valence-corrected chi connectivity index (χ2v) is 11.1. The normalized spacial score (nSPS) is 18.1. The van der Waals surface area contributed by atoms with Crippen molar-refractivity contribution < 1.29 is 33.8 Å². The third kappa shape index (κ3) is 6.80. The summed E-state index contributed by atoms with van der Waals surface area (Å²) in [5.41, 5.74) is 10.3. The van der Waals surface area contributed by atoms with E-state index in [4.69, 9.17) is 10.5 Å². The zero-order chi connectivity index (χ0) is 31.2. The van der Waals surface area contributed by atoms with Crippen LogP contribution < -0.4 is 16.4 Å². The molecule has 2 aromatic carbocycles. The second kappa shape index (κ2) is 13.5. The fourth-order valence-electron chi connectivity index (χ4n) is 6.07. The lowest BCUT2D eigenvalue weighted by atomic mass is 9.98. The highest BCUT2D eigenvalue weighted by molar-refractivity contribution is 5.93. The molecule has 12 heteroatoms. The smallest absolute Gasteiger partial charge is 0.407 e. The molecule has 2 aromatic rings. The van der Waals surface area contributed by atoms with Crippen molar-refractivity contribution in [3.8, 4) is 11.1 Å². The minimum Gasteiger partial charge on any atom is -0.480 e. The number of carboxylic acid groups (broad SMARTS) is 1. The summed E-state index contributed by atoms with van der Waals surface area (Å²) in [5.74, 6) is -3.29. The van der Waals surface area contributed by atoms with Crippen molar-refractivity contribution >= 4 is 36.0 Å². The number of primary amides is 1. The summed E-state index contributed by atoms with van der Waals surface area (Å²) in [6, 6.07) is 12.5. The lowest BCUT2D eigenvalue weighted by Crippen LogP contribution is -2.56. The molecular formula is C32H35N5O7. The molecule has 0 spiro atoms. The molecule has 2 heterocycles. The lowest BCUT2D eigenvalue weighted by Gasteiger charge is -2.28. The van der Waals surface area contributed by atoms with Gasteiger partial charge in [0.15, 0.2) is 0 Å². The maximum atomic E-state index is 13.6. The number of ether oxygens (including phenoxy) is 1. The third-order valence-corrected chi connectivity index (χ3v) is 8.25. The minimum atomic E-state index is -1.21. The highest BCUT2D eigenvalue weighted by Gasteiger charge is 2.38. The first-order valence-corrected chi connectivity index (χ1v) is 14.7. The van der Waals surface area contributed by atoms with Gasteiger partial charge in [0.1, 0.15) is 24.7 Å². The monoisotopic (exact) mass is 601 g/mol. The number of nitrogens with one attached hydrogen (secondary N) is 2. The molecule has 3 atom stereocenters. The van der Waals surface area contributed by atoms with E-state index in [1.165, 1.54) is 4.90 Å². The largest absolute Gasteiger partial charge is 0.480 e. The van der Waals surface area contributed by atoms with Crippen molar-refractivity contribution in [3.05, 3.63) is 71.4 Å². The fraction of sp³-hybridized carbons (Fsp3) is 0.375. The first kappa shape index (κ1) is 30.5. The van der Waals surface area contributed by atoms with E-state index in [1.807, 2.05) is 48.5 Å². The van der Waals surface area contributed by atoms with Crippen LogP contribution in [0, 0.1) is 0 Å². The highest BCUT2D eigenvalue weighted by atomic mass is 16.5. The van der Waals surface area contributed by atoms with Crippen LogP contribution in [0.25, 0.3) is 11.1 Å². The Balaban J connectivity index is 1.28. The molecule has 0 aromatic heterocycles. The molecule has 4 amide bonds. The van der Waals surface area contributed by atoms with Gasteiger partial charge >= 0.3 is 12.1 Å². The molecule has 3 aliphatic rings. The number of amides is 4. The Morgan fingerprint density at radius 3 is 2.30 bits per heavy atom. The SMILES string of the molecule is NC(=O)CC[C@H](NC(=O)[C@H](CC1=CN=CC1)NC(=O)OCC1c2ccccc2-c2ccccc21)C(=O)N1CCC[C@H]1C(=O)O. The molecule has 1 fully saturated rings. The first-order valence-electron chi connectivity index (χ1n) is 14.7. The fourth-order valence-corrected chi connectivity index (χ4v) is 6.07. The molecular weight excluding hydrogens is 566 g/mol. The van der Waals surface area contributed by atoms with Gasteiger partial charge in [0.2, 0.25) is 17.7 Å². The first-order chi connectivity index (χ1) is 21.2. The zero-order valence-corrected chi connectivity index (χ0v) is 24.1. The quantitative estimate of drug-likeness (QED) is 0.288. The average Bonchev–Trinajstić information content (AvgIpc) is 3.77. The van der Waals surface area contributed by atoms with E-state index in [1.54, 1.807) is 12.4 Å². The number of alkyl carbamates (subject to hydrolysis) is 1. The second-order valence-electron chi connectivity index (χ2n) is 11.1. The van der Waals surface area contributed by atoms with Crippen molar-refractivity contribution in [2.75, 3.05) is 13.2 Å². The predicted molar refractivity (Wildman–Crippen MR) is 161 cm³/mol. The van der Waals surface area contributed by atoms with Gasteiger partial charge in [0, 0.05) is 37.7 Å². The van der Waals surface area contributed by atoms with E-state index >= 15 is 0 Å². The topological polar surface area (TPSA) is 180 Å². The number of carbonyl (C=O) groups is 5. The number of benzene rings is 2. The summed E-state index contributed by atoms with van der Waals surface area (Å²) in [6.07, 6.45) is 3.54. The average molecular weight is 602 g/mol. The molecule has 5 N–H and O–H groups in total. The number of nitrogens with two attached hydrogens (primary N) is 1. The van der Waals surface area contributed by atoms with Crippen LogP contribution >= 0.6 is 0 Å². The predicted octanol–water partition coefficient (Wildman–Crippen LogP) is 2.47. The minimum absolute atomic E-state index is 0.0469. The van der Waals surface area contributed by atoms with Gasteiger partial charge < -0.3 is 31.1 Å². The Kier molecular flexibility index (Phi) is 9.37. The van der Waals surface area contributed by atoms with Crippen molar-refractivity contribution in [2.24, 2.45) is 10.7 Å². The van der Waals surface area contributed by atoms with Crippen molar-refractivity contribution in [2.45, 2.75) is 62.6 Å². The van der Waals surface area contributed by atoms with Crippen LogP contribution in [0.3, 0.4) is 0 Å². The van der Waals surface area contributed by atoms with Crippen LogP contribution in [0.4, 0.5) is 4.79 Å². The molecule has 5 rings (SSSR count). The molecule has 0 radical (unpaired) electrons. The number of nitrogens with zero attached hydrogens (tertiary/aromatic N) is 2. The summed E-state index contributed by atoms with van der Waals surface area (Å²) >= 11 is 0. The zero-order valence-electron chi connectivity index (χ0n) is 24.1. The summed E-state index contributed by atoms with van der Waals surface area (Å²) in [5, 5.41) is 14.8. The molecule has 0 saturated carbocycles. The van der Waals surface area contributed by atoms with Crippen LogP contribution in [0.15, 0.2) is 65.3 Å². The molecule has 2 aliphatic heterocycles. The van der Waals surface area contributed by atoms with Gasteiger partial charge in [-0.2, -0.15) is 0 Å². The summed E-state index contributed by atoms with van der Waals surface area (Å²) in [7, 11) is 0. The summed E-state index contributed by atoms with van der Waals surface area (Å²) in [4.78, 5) is 68.6. The van der Waals surface area contributed by atoms with Crippen LogP contribution in [-0.4, -0.2) is 77.3 Å². The van der Waals surface area contributed by atoms with Gasteiger partial charge in [-0.05, 0) is 53.5 Å². The molecule has 230 valence electrons. The van der Waals surface area contributed by atoms with E-state index in [9.17, 15) is 29.1 Å². The Bertz CT molecular complexity index is 1470. The number of rotatable bonds is 12. The van der Waals surface area contributed by atoms with E-state index < -0.39 is 47.9 Å². The maximum absolute atomic E-state index is 13.6. The van der Waals surface area contributed by atoms with Crippen LogP contribution in [0.5, 0.6) is 0 Å². The Morgan fingerprint density at radius 2 is 1.68 bits per heavy atom. The number of hydrogen-bond donors (Lipinski definition) is 4. The van der Waals surface area contributed by atoms with E-state index in [0.717, 1.165) is 27.8 Å². The summed E-state index contributed by atoms with van der Waals surface area (Å²) < 4.78 is 5.66. The van der Waals surface area contributed by atoms with Gasteiger partial charge in [-0.1, -0.05) is 48.5 Å². The van der Waals surface area contributed by atoms with Gasteiger partial charge in [-0.3, -0.25) is 19.4 Å². The van der Waals surface area contributed by atoms with Crippen LogP contribution in [0.2, 0.25) is 0 Å². The lowest BCUT2D eigenvalue weighted by molar-refractivity contribution is -0.149. The van der Waals surface area contributed by atoms with Gasteiger partial charge in [0.25, 0.3) is 0 Å². The Hall–Kier alpha value is -5.00. The van der Waals surface area contributed by atoms with Crippen LogP contribution in [-0.2, 0) is 23.9 Å². The number of aliphatic carboxylic acids is 1. The third-order valence-electron chi connectivity index (χ3n) is 8.25. The van der Waals surface area contributed by atoms with Gasteiger partial charge in [0.05, 0.1) is 0 Å². The van der Waals surface area contributed by atoms with E-state index in [0.29, 0.717) is 12.8 Å². The van der Waals surface area contributed by atoms with Crippen molar-refractivity contribution in [1.82, 2.24) is 15.5 Å². The molecule has 0 unspecified atom stereocenters. The van der Waals surface area contributed by atoms with Gasteiger partial charge in [-0.25, -0.2) is 9.59 Å². The Labute approximate surface area is 254 Å². The van der Waals surface area contributed by atoms with E-state index in [-0.39, 0.29) is 44.8 Å². The van der Waals surface area contributed by atoms with Crippen molar-refractivity contribution in [1.29, 1.82) is 0 Å². The van der Waals surface area contributed by atoms with Crippen molar-refractivity contribution in [3.63, 3.8) is 0 Å². The number of hydrogen-bond acceptors (Lipinski definition) is 7. The highest BCUT2D eigenvalue weighted by Crippen LogP contribution is 2.44. The molecule has 0 bridgehead atoms. The van der Waals surface area contributed by atoms with E-state index in [2.05, 4.69) is 15.6 Å². The number of fused-ring (bicyclic) bond motifs is 3. The van der Waals surface area contributed by atoms with Gasteiger partial charge in [-0.15, -0.1) is 0 Å². The molecule has 12 nitrogen and oxygen atoms in total. The maximum Gasteiger partial charge on any atom is 0.407 e. The molecule has 1 saturated heterocycles. The molecule has 44 heavy (non-hydrogen) atoms. The van der Waals surface area contributed by atoms with Crippen LogP contribution in [0.1, 0.15) is 55.6 Å². The Morgan fingerprint density at radius 1 is 1.00 bits per heavy atom. The number of carbonyl (C=O) groups excluding carboxylic acids is 4. The standard InChI is InChI=1S/C32H35N5O7/c33-28(38)12-11-25(30(40)37-15-5-10-27(37)31(41)42)35-29(39)26(16-19-13-14-34-17-19)36-32(43)44-18-24-22-8-3-1-6-20(22)21-7-2-4-9-23(21)24/h1-4,6-9,14,17,24-27H,5,10-13,15-16,18H2,(H2,33,38)(H,35,39)(H,36,43)(H,41,42)/t25-,26-,27-/m0/s1. The number of likely N-dealkylation sites (tertiary alicyclic amines) is 1. The summed E-state index contributed by atoms with van der Waals surface area (Å²) in [6.45, 7) is 0.260. The molecule has 1 aliphatic carbocycles. The number of carboxylic acids is 1. The number of aliphatic imine (C=N–C) groups is 1.